The van der Waals surface area contributed by atoms with E-state index in [1.165, 1.54) is 0 Å². The highest BCUT2D eigenvalue weighted by Gasteiger charge is 2.22. The molecule has 0 bridgehead atoms. The fraction of sp³-hybridized carbons (Fsp3) is 1.00. The summed E-state index contributed by atoms with van der Waals surface area (Å²) in [6.45, 7) is 3.42. The van der Waals surface area contributed by atoms with Gasteiger partial charge in [-0.05, 0) is 0 Å². The number of hydrogen-bond acceptors (Lipinski definition) is 3. The molecule has 0 amide bonds. The average molecular weight is 231 g/mol. The monoisotopic (exact) mass is 230 g/mol. The van der Waals surface area contributed by atoms with Crippen LogP contribution in [0.2, 0.25) is 0 Å². The van der Waals surface area contributed by atoms with Crippen molar-refractivity contribution >= 4 is 31.7 Å². The van der Waals surface area contributed by atoms with Crippen LogP contribution in [0.3, 0.4) is 0 Å². The van der Waals surface area contributed by atoms with Gasteiger partial charge in [0.05, 0.1) is 6.61 Å². The van der Waals surface area contributed by atoms with Crippen molar-refractivity contribution in [3.63, 3.8) is 0 Å². The van der Waals surface area contributed by atoms with Gasteiger partial charge in [0.2, 0.25) is 0 Å². The van der Waals surface area contributed by atoms with Crippen LogP contribution in [0.1, 0.15) is 0 Å². The zero-order valence-corrected chi connectivity index (χ0v) is 9.21. The van der Waals surface area contributed by atoms with Gasteiger partial charge in [-0.15, -0.1) is 23.2 Å². The molecule has 0 aromatic carbocycles. The Balaban J connectivity index is 2.29. The highest BCUT2D eigenvalue weighted by molar-refractivity contribution is 7.48. The Morgan fingerprint density at radius 2 is 2.00 bits per heavy atom. The molecular weight excluding hydrogens is 218 g/mol. The molecule has 1 aliphatic rings. The second-order valence-electron chi connectivity index (χ2n) is 2.35. The van der Waals surface area contributed by atoms with Crippen molar-refractivity contribution in [2.75, 3.05) is 38.0 Å². The second-order valence-corrected chi connectivity index (χ2v) is 4.79. The molecule has 1 heterocycles. The van der Waals surface area contributed by atoms with Crippen LogP contribution in [0.4, 0.5) is 0 Å². The summed E-state index contributed by atoms with van der Waals surface area (Å²) in [5.41, 5.74) is 0. The molecule has 72 valence electrons. The van der Waals surface area contributed by atoms with E-state index in [-0.39, 0.29) is 0 Å². The number of hydrogen-bond donors (Lipinski definition) is 1. The fourth-order valence-electron chi connectivity index (χ4n) is 0.989. The topological polar surface area (TPSA) is 24.5 Å². The van der Waals surface area contributed by atoms with Gasteiger partial charge in [-0.2, -0.15) is 0 Å². The molecule has 0 unspecified atom stereocenters. The van der Waals surface area contributed by atoms with Gasteiger partial charge in [0.1, 0.15) is 0 Å². The molecule has 1 N–H and O–H groups in total. The molecule has 0 aromatic rings. The van der Waals surface area contributed by atoms with Crippen molar-refractivity contribution in [1.82, 2.24) is 9.76 Å². The molecular formula is C6H13Cl2N2OP. The third kappa shape index (κ3) is 3.33. The molecule has 12 heavy (non-hydrogen) atoms. The second kappa shape index (κ2) is 6.36. The van der Waals surface area contributed by atoms with Crippen molar-refractivity contribution in [1.29, 1.82) is 0 Å². The van der Waals surface area contributed by atoms with E-state index in [0.717, 1.165) is 26.2 Å². The summed E-state index contributed by atoms with van der Waals surface area (Å²) in [7, 11) is -0.606. The van der Waals surface area contributed by atoms with Crippen LogP contribution in [0.15, 0.2) is 0 Å². The Morgan fingerprint density at radius 3 is 2.42 bits per heavy atom. The molecule has 1 aliphatic heterocycles. The van der Waals surface area contributed by atoms with E-state index in [9.17, 15) is 0 Å². The maximum Gasteiger partial charge on any atom is 0.185 e. The van der Waals surface area contributed by atoms with Crippen molar-refractivity contribution < 1.29 is 4.52 Å². The summed E-state index contributed by atoms with van der Waals surface area (Å²) in [5, 5.41) is 3.28. The van der Waals surface area contributed by atoms with Crippen LogP contribution in [-0.2, 0) is 4.52 Å². The summed E-state index contributed by atoms with van der Waals surface area (Å²) >= 11 is 11.3. The lowest BCUT2D eigenvalue weighted by atomic mass is 10.6. The van der Waals surface area contributed by atoms with Gasteiger partial charge in [0.15, 0.2) is 8.45 Å². The average Bonchev–Trinajstić information content (AvgIpc) is 2.56. The molecule has 3 nitrogen and oxygen atoms in total. The minimum atomic E-state index is -0.606. The molecule has 0 saturated carbocycles. The molecule has 0 spiro atoms. The van der Waals surface area contributed by atoms with E-state index in [2.05, 4.69) is 9.76 Å². The predicted molar refractivity (Wildman–Crippen MR) is 53.9 cm³/mol. The minimum absolute atomic E-state index is 0.606. The summed E-state index contributed by atoms with van der Waals surface area (Å²) in [6, 6.07) is 0. The first-order valence-electron chi connectivity index (χ1n) is 3.92. The highest BCUT2D eigenvalue weighted by atomic mass is 35.5. The minimum Gasteiger partial charge on any atom is -0.330 e. The lowest BCUT2D eigenvalue weighted by Gasteiger charge is -2.24. The SMILES string of the molecule is ClCCN(CCCl)[P@]1NCCO1. The lowest BCUT2D eigenvalue weighted by molar-refractivity contribution is 0.354. The zero-order chi connectivity index (χ0) is 8.81. The van der Waals surface area contributed by atoms with Crippen LogP contribution in [0.25, 0.3) is 0 Å². The van der Waals surface area contributed by atoms with Gasteiger partial charge in [-0.3, -0.25) is 5.09 Å². The molecule has 6 heteroatoms. The summed E-state index contributed by atoms with van der Waals surface area (Å²) in [4.78, 5) is 0. The number of alkyl halides is 2. The largest absolute Gasteiger partial charge is 0.330 e. The van der Waals surface area contributed by atoms with Gasteiger partial charge in [-0.25, -0.2) is 4.67 Å². The zero-order valence-electron chi connectivity index (χ0n) is 6.80. The van der Waals surface area contributed by atoms with Gasteiger partial charge in [-0.1, -0.05) is 0 Å². The molecule has 0 aromatic heterocycles. The van der Waals surface area contributed by atoms with Gasteiger partial charge in [0.25, 0.3) is 0 Å². The third-order valence-corrected chi connectivity index (χ3v) is 3.68. The van der Waals surface area contributed by atoms with E-state index < -0.39 is 8.45 Å². The maximum absolute atomic E-state index is 5.65. The van der Waals surface area contributed by atoms with Gasteiger partial charge in [0, 0.05) is 31.4 Å². The molecule has 0 aliphatic carbocycles. The van der Waals surface area contributed by atoms with E-state index in [1.54, 1.807) is 0 Å². The van der Waals surface area contributed by atoms with Crippen LogP contribution < -0.4 is 5.09 Å². The predicted octanol–water partition coefficient (Wildman–Crippen LogP) is 1.61. The van der Waals surface area contributed by atoms with Crippen molar-refractivity contribution in [2.45, 2.75) is 0 Å². The van der Waals surface area contributed by atoms with Crippen molar-refractivity contribution in [2.24, 2.45) is 0 Å². The number of rotatable bonds is 5. The first kappa shape index (κ1) is 11.0. The Labute approximate surface area is 84.3 Å². The normalized spacial score (nSPS) is 23.8. The summed E-state index contributed by atoms with van der Waals surface area (Å²) in [6.07, 6.45) is 0. The molecule has 0 radical (unpaired) electrons. The Morgan fingerprint density at radius 1 is 1.33 bits per heavy atom. The first-order chi connectivity index (χ1) is 5.88. The molecule has 1 saturated heterocycles. The Kier molecular flexibility index (Phi) is 5.81. The third-order valence-electron chi connectivity index (χ3n) is 1.50. The summed E-state index contributed by atoms with van der Waals surface area (Å²) in [5.74, 6) is 1.25. The van der Waals surface area contributed by atoms with Crippen LogP contribution in [-0.4, -0.2) is 42.7 Å². The van der Waals surface area contributed by atoms with Crippen LogP contribution >= 0.6 is 31.7 Å². The smallest absolute Gasteiger partial charge is 0.185 e. The number of halogens is 2. The number of nitrogens with one attached hydrogen (secondary N) is 1. The quantitative estimate of drug-likeness (QED) is 0.574. The summed E-state index contributed by atoms with van der Waals surface area (Å²) < 4.78 is 7.65. The van der Waals surface area contributed by atoms with Crippen LogP contribution in [0.5, 0.6) is 0 Å². The lowest BCUT2D eigenvalue weighted by Crippen LogP contribution is -2.26. The van der Waals surface area contributed by atoms with E-state index >= 15 is 0 Å². The van der Waals surface area contributed by atoms with E-state index in [1.807, 2.05) is 0 Å². The van der Waals surface area contributed by atoms with Crippen LogP contribution in [0, 0.1) is 0 Å². The Hall–Kier alpha value is 0.890. The van der Waals surface area contributed by atoms with E-state index in [4.69, 9.17) is 27.7 Å². The number of nitrogens with zero attached hydrogens (tertiary/aromatic N) is 1. The molecule has 1 rings (SSSR count). The Bertz CT molecular complexity index is 118. The maximum atomic E-state index is 5.65. The first-order valence-corrected chi connectivity index (χ1v) is 6.20. The molecule has 1 fully saturated rings. The van der Waals surface area contributed by atoms with Gasteiger partial charge < -0.3 is 4.52 Å². The van der Waals surface area contributed by atoms with Gasteiger partial charge >= 0.3 is 0 Å². The van der Waals surface area contributed by atoms with Crippen molar-refractivity contribution in [3.05, 3.63) is 0 Å². The highest BCUT2D eigenvalue weighted by Crippen LogP contribution is 2.39. The fourth-order valence-corrected chi connectivity index (χ4v) is 3.20. The van der Waals surface area contributed by atoms with E-state index in [0.29, 0.717) is 11.8 Å². The molecule has 1 atom stereocenters. The van der Waals surface area contributed by atoms with Crippen molar-refractivity contribution in [3.8, 4) is 0 Å². The standard InChI is InChI=1S/C6H13Cl2N2OP/c7-1-4-10(5-2-8)12-9-3-6-11-12/h9H,1-6H2/t12-/m0/s1.